The van der Waals surface area contributed by atoms with Crippen LogP contribution in [0.1, 0.15) is 18.2 Å². The maximum Gasteiger partial charge on any atom is 0.160 e. The van der Waals surface area contributed by atoms with Gasteiger partial charge in [0.1, 0.15) is 6.10 Å². The zero-order valence-electron chi connectivity index (χ0n) is 8.39. The molecule has 5 nitrogen and oxygen atoms in total. The third-order valence-electron chi connectivity index (χ3n) is 2.36. The van der Waals surface area contributed by atoms with Crippen molar-refractivity contribution in [2.75, 3.05) is 13.2 Å². The Morgan fingerprint density at radius 2 is 2.33 bits per heavy atom. The Hall–Kier alpha value is -0.620. The molecule has 1 aromatic heterocycles. The van der Waals surface area contributed by atoms with E-state index < -0.39 is 6.10 Å². The smallest absolute Gasteiger partial charge is 0.160 e. The zero-order chi connectivity index (χ0) is 10.8. The molecule has 1 aliphatic rings. The van der Waals surface area contributed by atoms with Gasteiger partial charge in [0, 0.05) is 13.5 Å². The summed E-state index contributed by atoms with van der Waals surface area (Å²) in [5.74, 6) is 0. The molecule has 0 saturated carbocycles. The molecule has 0 amide bonds. The van der Waals surface area contributed by atoms with Crippen LogP contribution < -0.4 is 0 Å². The van der Waals surface area contributed by atoms with Crippen molar-refractivity contribution in [1.82, 2.24) is 9.78 Å². The molecule has 1 saturated heterocycles. The SMILES string of the molecule is Cn1ncc(Cl)c1C(O)CC1OCCO1. The fourth-order valence-corrected chi connectivity index (χ4v) is 1.92. The van der Waals surface area contributed by atoms with Gasteiger partial charge in [-0.2, -0.15) is 5.10 Å². The molecule has 15 heavy (non-hydrogen) atoms. The molecule has 2 heterocycles. The average molecular weight is 233 g/mol. The van der Waals surface area contributed by atoms with E-state index >= 15 is 0 Å². The standard InChI is InChI=1S/C9H13ClN2O3/c1-12-9(6(10)5-11-12)7(13)4-8-14-2-3-15-8/h5,7-8,13H,2-4H2,1H3. The van der Waals surface area contributed by atoms with Gasteiger partial charge in [0.2, 0.25) is 0 Å². The topological polar surface area (TPSA) is 56.5 Å². The summed E-state index contributed by atoms with van der Waals surface area (Å²) in [6, 6.07) is 0. The van der Waals surface area contributed by atoms with Crippen LogP contribution in [0.3, 0.4) is 0 Å². The number of halogens is 1. The van der Waals surface area contributed by atoms with Crippen molar-refractivity contribution < 1.29 is 14.6 Å². The maximum absolute atomic E-state index is 9.93. The summed E-state index contributed by atoms with van der Waals surface area (Å²) in [6.45, 7) is 1.16. The van der Waals surface area contributed by atoms with Crippen molar-refractivity contribution in [2.45, 2.75) is 18.8 Å². The molecule has 1 unspecified atom stereocenters. The van der Waals surface area contributed by atoms with Crippen molar-refractivity contribution >= 4 is 11.6 Å². The summed E-state index contributed by atoms with van der Waals surface area (Å²) in [4.78, 5) is 0. The highest BCUT2D eigenvalue weighted by molar-refractivity contribution is 6.31. The van der Waals surface area contributed by atoms with E-state index in [0.717, 1.165) is 0 Å². The third kappa shape index (κ3) is 2.31. The van der Waals surface area contributed by atoms with Crippen molar-refractivity contribution in [3.05, 3.63) is 16.9 Å². The summed E-state index contributed by atoms with van der Waals surface area (Å²) >= 11 is 5.90. The quantitative estimate of drug-likeness (QED) is 0.840. The second-order valence-corrected chi connectivity index (χ2v) is 3.83. The maximum atomic E-state index is 9.93. The normalized spacial score (nSPS) is 19.7. The number of nitrogens with zero attached hydrogens (tertiary/aromatic N) is 2. The summed E-state index contributed by atoms with van der Waals surface area (Å²) < 4.78 is 12.1. The summed E-state index contributed by atoms with van der Waals surface area (Å²) in [7, 11) is 1.74. The first-order valence-corrected chi connectivity index (χ1v) is 5.15. The Balaban J connectivity index is 2.03. The lowest BCUT2D eigenvalue weighted by molar-refractivity contribution is -0.0718. The Morgan fingerprint density at radius 3 is 2.87 bits per heavy atom. The highest BCUT2D eigenvalue weighted by Crippen LogP contribution is 2.27. The van der Waals surface area contributed by atoms with Crippen molar-refractivity contribution in [1.29, 1.82) is 0 Å². The van der Waals surface area contributed by atoms with E-state index in [1.165, 1.54) is 6.20 Å². The molecule has 0 aromatic carbocycles. The lowest BCUT2D eigenvalue weighted by Gasteiger charge is -2.15. The molecule has 0 bridgehead atoms. The van der Waals surface area contributed by atoms with Gasteiger partial charge in [0.05, 0.1) is 30.1 Å². The van der Waals surface area contributed by atoms with E-state index in [1.54, 1.807) is 11.7 Å². The van der Waals surface area contributed by atoms with Crippen LogP contribution in [0.25, 0.3) is 0 Å². The molecule has 0 radical (unpaired) electrons. The van der Waals surface area contributed by atoms with Crippen LogP contribution in [-0.2, 0) is 16.5 Å². The first kappa shape index (κ1) is 10.9. The van der Waals surface area contributed by atoms with E-state index in [-0.39, 0.29) is 6.29 Å². The van der Waals surface area contributed by atoms with E-state index in [0.29, 0.717) is 30.4 Å². The largest absolute Gasteiger partial charge is 0.387 e. The van der Waals surface area contributed by atoms with Gasteiger partial charge in [-0.05, 0) is 0 Å². The Labute approximate surface area is 92.5 Å². The fourth-order valence-electron chi connectivity index (χ4n) is 1.63. The number of ether oxygens (including phenoxy) is 2. The Kier molecular flexibility index (Phi) is 3.25. The van der Waals surface area contributed by atoms with Gasteiger partial charge < -0.3 is 14.6 Å². The second kappa shape index (κ2) is 4.49. The number of hydrogen-bond acceptors (Lipinski definition) is 4. The van der Waals surface area contributed by atoms with Gasteiger partial charge in [-0.15, -0.1) is 0 Å². The Morgan fingerprint density at radius 1 is 1.67 bits per heavy atom. The van der Waals surface area contributed by atoms with Crippen LogP contribution in [0.15, 0.2) is 6.20 Å². The van der Waals surface area contributed by atoms with Crippen molar-refractivity contribution in [3.63, 3.8) is 0 Å². The molecular formula is C9H13ClN2O3. The number of hydrogen-bond donors (Lipinski definition) is 1. The molecule has 1 atom stereocenters. The Bertz CT molecular complexity index is 317. The van der Waals surface area contributed by atoms with Crippen LogP contribution in [0.2, 0.25) is 5.02 Å². The fraction of sp³-hybridized carbons (Fsp3) is 0.667. The molecule has 0 spiro atoms. The first-order chi connectivity index (χ1) is 7.18. The van der Waals surface area contributed by atoms with E-state index in [4.69, 9.17) is 21.1 Å². The number of rotatable bonds is 3. The minimum Gasteiger partial charge on any atom is -0.387 e. The van der Waals surface area contributed by atoms with Crippen molar-refractivity contribution in [3.8, 4) is 0 Å². The predicted molar refractivity (Wildman–Crippen MR) is 53.5 cm³/mol. The van der Waals surface area contributed by atoms with E-state index in [9.17, 15) is 5.11 Å². The van der Waals surface area contributed by atoms with Gasteiger partial charge in [-0.25, -0.2) is 0 Å². The molecule has 1 aliphatic heterocycles. The van der Waals surface area contributed by atoms with Gasteiger partial charge >= 0.3 is 0 Å². The highest BCUT2D eigenvalue weighted by Gasteiger charge is 2.24. The van der Waals surface area contributed by atoms with Gasteiger partial charge in [-0.1, -0.05) is 11.6 Å². The minimum atomic E-state index is -0.715. The average Bonchev–Trinajstić information content (AvgIpc) is 2.77. The van der Waals surface area contributed by atoms with Gasteiger partial charge in [0.15, 0.2) is 6.29 Å². The third-order valence-corrected chi connectivity index (χ3v) is 2.65. The summed E-state index contributed by atoms with van der Waals surface area (Å²) in [6.07, 6.45) is 0.828. The monoisotopic (exact) mass is 232 g/mol. The molecule has 1 fully saturated rings. The molecule has 2 rings (SSSR count). The van der Waals surface area contributed by atoms with E-state index in [1.807, 2.05) is 0 Å². The van der Waals surface area contributed by atoms with E-state index in [2.05, 4.69) is 5.10 Å². The summed E-state index contributed by atoms with van der Waals surface area (Å²) in [5.41, 5.74) is 0.593. The molecular weight excluding hydrogens is 220 g/mol. The highest BCUT2D eigenvalue weighted by atomic mass is 35.5. The lowest BCUT2D eigenvalue weighted by Crippen LogP contribution is -2.15. The molecule has 6 heteroatoms. The molecule has 1 aromatic rings. The molecule has 0 aliphatic carbocycles. The number of aliphatic hydroxyl groups excluding tert-OH is 1. The van der Waals surface area contributed by atoms with Gasteiger partial charge in [-0.3, -0.25) is 4.68 Å². The molecule has 1 N–H and O–H groups in total. The van der Waals surface area contributed by atoms with Crippen molar-refractivity contribution in [2.24, 2.45) is 7.05 Å². The van der Waals surface area contributed by atoms with Crippen LogP contribution in [-0.4, -0.2) is 34.4 Å². The first-order valence-electron chi connectivity index (χ1n) is 4.77. The summed E-state index contributed by atoms with van der Waals surface area (Å²) in [5, 5.41) is 14.3. The molecule has 84 valence electrons. The van der Waals surface area contributed by atoms with Crippen LogP contribution in [0.5, 0.6) is 0 Å². The zero-order valence-corrected chi connectivity index (χ0v) is 9.15. The van der Waals surface area contributed by atoms with Crippen LogP contribution in [0.4, 0.5) is 0 Å². The van der Waals surface area contributed by atoms with Crippen LogP contribution >= 0.6 is 11.6 Å². The number of aliphatic hydroxyl groups is 1. The van der Waals surface area contributed by atoms with Gasteiger partial charge in [0.25, 0.3) is 0 Å². The number of aromatic nitrogens is 2. The second-order valence-electron chi connectivity index (χ2n) is 3.42. The minimum absolute atomic E-state index is 0.342. The number of aryl methyl sites for hydroxylation is 1. The lowest BCUT2D eigenvalue weighted by atomic mass is 10.2. The predicted octanol–water partition coefficient (Wildman–Crippen LogP) is 0.870. The van der Waals surface area contributed by atoms with Crippen LogP contribution in [0, 0.1) is 0 Å².